The topological polar surface area (TPSA) is 70.9 Å². The van der Waals surface area contributed by atoms with Crippen LogP contribution in [0.1, 0.15) is 35.0 Å². The van der Waals surface area contributed by atoms with Gasteiger partial charge in [0, 0.05) is 37.8 Å². The summed E-state index contributed by atoms with van der Waals surface area (Å²) >= 11 is 0. The number of likely N-dealkylation sites (tertiary alicyclic amines) is 1. The fourth-order valence-electron chi connectivity index (χ4n) is 3.06. The van der Waals surface area contributed by atoms with E-state index in [4.69, 9.17) is 9.78 Å². The molecule has 2 aromatic heterocycles. The van der Waals surface area contributed by atoms with Crippen molar-refractivity contribution < 1.29 is 4.52 Å². The van der Waals surface area contributed by atoms with Crippen molar-refractivity contribution in [1.82, 2.24) is 19.8 Å². The fourth-order valence-corrected chi connectivity index (χ4v) is 3.06. The van der Waals surface area contributed by atoms with E-state index in [0.717, 1.165) is 43.9 Å². The zero-order chi connectivity index (χ0) is 13.5. The molecule has 0 unspecified atom stereocenters. The molecule has 0 N–H and O–H groups in total. The molecule has 0 aromatic carbocycles. The molecule has 1 fully saturated rings. The first-order valence-electron chi connectivity index (χ1n) is 6.96. The van der Waals surface area contributed by atoms with Gasteiger partial charge in [-0.2, -0.15) is 10.4 Å². The Balaban J connectivity index is 1.38. The standard InChI is InChI=1S/C14H15N5O/c15-4-10-5-16-19(6-10)11-7-18(8-11)9-13-12-2-1-3-14(12)20-17-13/h5-6,11H,1-3,7-9H2. The number of fused-ring (bicyclic) bond motifs is 1. The van der Waals surface area contributed by atoms with Crippen LogP contribution in [0.5, 0.6) is 0 Å². The van der Waals surface area contributed by atoms with E-state index in [0.29, 0.717) is 11.6 Å². The van der Waals surface area contributed by atoms with Crippen molar-refractivity contribution in [2.45, 2.75) is 31.8 Å². The molecule has 6 nitrogen and oxygen atoms in total. The maximum atomic E-state index is 8.80. The van der Waals surface area contributed by atoms with Crippen LogP contribution in [0.4, 0.5) is 0 Å². The summed E-state index contributed by atoms with van der Waals surface area (Å²) in [5, 5.41) is 17.2. The molecule has 20 heavy (non-hydrogen) atoms. The number of aryl methyl sites for hydroxylation is 1. The summed E-state index contributed by atoms with van der Waals surface area (Å²) in [5.41, 5.74) is 3.06. The lowest BCUT2D eigenvalue weighted by Crippen LogP contribution is -2.47. The van der Waals surface area contributed by atoms with Crippen LogP contribution in [-0.2, 0) is 19.4 Å². The van der Waals surface area contributed by atoms with Crippen molar-refractivity contribution in [1.29, 1.82) is 5.26 Å². The molecule has 2 aromatic rings. The van der Waals surface area contributed by atoms with E-state index >= 15 is 0 Å². The van der Waals surface area contributed by atoms with E-state index in [1.807, 2.05) is 10.9 Å². The quantitative estimate of drug-likeness (QED) is 0.839. The van der Waals surface area contributed by atoms with Crippen molar-refractivity contribution in [3.8, 4) is 6.07 Å². The molecule has 0 spiro atoms. The smallest absolute Gasteiger partial charge is 0.140 e. The SMILES string of the molecule is N#Cc1cnn(C2CN(Cc3noc4c3CCC4)C2)c1. The van der Waals surface area contributed by atoms with Crippen molar-refractivity contribution in [2.24, 2.45) is 0 Å². The summed E-state index contributed by atoms with van der Waals surface area (Å²) in [6.07, 6.45) is 6.77. The van der Waals surface area contributed by atoms with Crippen LogP contribution >= 0.6 is 0 Å². The number of hydrogen-bond acceptors (Lipinski definition) is 5. The van der Waals surface area contributed by atoms with Gasteiger partial charge in [0.05, 0.1) is 17.8 Å². The molecular weight excluding hydrogens is 254 g/mol. The lowest BCUT2D eigenvalue weighted by molar-refractivity contribution is 0.0880. The van der Waals surface area contributed by atoms with Gasteiger partial charge in [-0.1, -0.05) is 5.16 Å². The minimum absolute atomic E-state index is 0.372. The van der Waals surface area contributed by atoms with Gasteiger partial charge < -0.3 is 4.52 Å². The van der Waals surface area contributed by atoms with Crippen LogP contribution in [0.3, 0.4) is 0 Å². The molecule has 1 aliphatic heterocycles. The van der Waals surface area contributed by atoms with E-state index < -0.39 is 0 Å². The van der Waals surface area contributed by atoms with Crippen LogP contribution in [0.15, 0.2) is 16.9 Å². The average Bonchev–Trinajstić information content (AvgIpc) is 3.10. The summed E-state index contributed by atoms with van der Waals surface area (Å²) in [6.45, 7) is 2.77. The van der Waals surface area contributed by atoms with Gasteiger partial charge in [0.15, 0.2) is 0 Å². The van der Waals surface area contributed by atoms with Crippen LogP contribution in [-0.4, -0.2) is 32.9 Å². The Morgan fingerprint density at radius 3 is 3.10 bits per heavy atom. The molecular formula is C14H15N5O. The fraction of sp³-hybridized carbons (Fsp3) is 0.500. The molecule has 6 heteroatoms. The lowest BCUT2D eigenvalue weighted by atomic mass is 10.1. The Morgan fingerprint density at radius 1 is 1.40 bits per heavy atom. The Hall–Kier alpha value is -2.13. The molecule has 0 bridgehead atoms. The summed E-state index contributed by atoms with van der Waals surface area (Å²) in [5.74, 6) is 1.09. The highest BCUT2D eigenvalue weighted by atomic mass is 16.5. The molecule has 1 aliphatic carbocycles. The highest BCUT2D eigenvalue weighted by Crippen LogP contribution is 2.28. The maximum absolute atomic E-state index is 8.80. The Labute approximate surface area is 116 Å². The number of hydrogen-bond donors (Lipinski definition) is 0. The number of nitriles is 1. The third-order valence-corrected chi connectivity index (χ3v) is 4.20. The first-order valence-corrected chi connectivity index (χ1v) is 6.96. The highest BCUT2D eigenvalue weighted by Gasteiger charge is 2.31. The van der Waals surface area contributed by atoms with Crippen molar-refractivity contribution in [2.75, 3.05) is 13.1 Å². The summed E-state index contributed by atoms with van der Waals surface area (Å²) < 4.78 is 7.27. The predicted molar refractivity (Wildman–Crippen MR) is 69.8 cm³/mol. The Bertz CT molecular complexity index is 674. The molecule has 0 radical (unpaired) electrons. The van der Waals surface area contributed by atoms with E-state index in [1.165, 1.54) is 12.0 Å². The molecule has 0 atom stereocenters. The normalized spacial score (nSPS) is 18.8. The van der Waals surface area contributed by atoms with Gasteiger partial charge in [-0.05, 0) is 12.8 Å². The van der Waals surface area contributed by atoms with E-state index in [1.54, 1.807) is 6.20 Å². The summed E-state index contributed by atoms with van der Waals surface area (Å²) in [7, 11) is 0. The van der Waals surface area contributed by atoms with Crippen molar-refractivity contribution >= 4 is 0 Å². The molecule has 3 heterocycles. The number of rotatable bonds is 3. The first-order chi connectivity index (χ1) is 9.83. The first kappa shape index (κ1) is 11.7. The van der Waals surface area contributed by atoms with Gasteiger partial charge in [0.25, 0.3) is 0 Å². The van der Waals surface area contributed by atoms with Gasteiger partial charge in [-0.15, -0.1) is 0 Å². The van der Waals surface area contributed by atoms with Crippen molar-refractivity contribution in [3.05, 3.63) is 35.0 Å². The second-order valence-corrected chi connectivity index (χ2v) is 5.55. The van der Waals surface area contributed by atoms with Gasteiger partial charge in [-0.25, -0.2) is 0 Å². The van der Waals surface area contributed by atoms with Crippen LogP contribution in [0.25, 0.3) is 0 Å². The summed E-state index contributed by atoms with van der Waals surface area (Å²) in [4.78, 5) is 2.34. The second kappa shape index (κ2) is 4.46. The third-order valence-electron chi connectivity index (χ3n) is 4.20. The summed E-state index contributed by atoms with van der Waals surface area (Å²) in [6, 6.07) is 2.48. The number of aromatic nitrogens is 3. The molecule has 0 saturated carbocycles. The lowest BCUT2D eigenvalue weighted by Gasteiger charge is -2.38. The number of nitrogens with zero attached hydrogens (tertiary/aromatic N) is 5. The van der Waals surface area contributed by atoms with Gasteiger partial charge in [-0.3, -0.25) is 9.58 Å². The third kappa shape index (κ3) is 1.82. The van der Waals surface area contributed by atoms with Crippen LogP contribution in [0, 0.1) is 11.3 Å². The van der Waals surface area contributed by atoms with Gasteiger partial charge >= 0.3 is 0 Å². The average molecular weight is 269 g/mol. The van der Waals surface area contributed by atoms with Gasteiger partial charge in [0.2, 0.25) is 0 Å². The van der Waals surface area contributed by atoms with Crippen LogP contribution < -0.4 is 0 Å². The van der Waals surface area contributed by atoms with Crippen LogP contribution in [0.2, 0.25) is 0 Å². The van der Waals surface area contributed by atoms with Gasteiger partial charge in [0.1, 0.15) is 17.5 Å². The molecule has 2 aliphatic rings. The second-order valence-electron chi connectivity index (χ2n) is 5.55. The molecule has 102 valence electrons. The van der Waals surface area contributed by atoms with E-state index in [2.05, 4.69) is 21.2 Å². The zero-order valence-electron chi connectivity index (χ0n) is 11.1. The monoisotopic (exact) mass is 269 g/mol. The zero-order valence-corrected chi connectivity index (χ0v) is 11.1. The highest BCUT2D eigenvalue weighted by molar-refractivity contribution is 5.27. The Morgan fingerprint density at radius 2 is 2.30 bits per heavy atom. The predicted octanol–water partition coefficient (Wildman–Crippen LogP) is 1.29. The largest absolute Gasteiger partial charge is 0.361 e. The Kier molecular flexibility index (Phi) is 2.60. The van der Waals surface area contributed by atoms with E-state index in [9.17, 15) is 0 Å². The maximum Gasteiger partial charge on any atom is 0.140 e. The minimum Gasteiger partial charge on any atom is -0.361 e. The molecule has 4 rings (SSSR count). The molecule has 0 amide bonds. The van der Waals surface area contributed by atoms with Crippen molar-refractivity contribution in [3.63, 3.8) is 0 Å². The van der Waals surface area contributed by atoms with E-state index in [-0.39, 0.29) is 0 Å². The minimum atomic E-state index is 0.372. The molecule has 1 saturated heterocycles.